The maximum Gasteiger partial charge on any atom is 0.0605 e. The molecule has 0 aliphatic rings. The van der Waals surface area contributed by atoms with Crippen molar-refractivity contribution in [2.75, 3.05) is 0 Å². The molecule has 0 saturated carbocycles. The van der Waals surface area contributed by atoms with Crippen molar-refractivity contribution < 1.29 is 5.21 Å². The van der Waals surface area contributed by atoms with Crippen LogP contribution in [0.1, 0.15) is 58.6 Å². The summed E-state index contributed by atoms with van der Waals surface area (Å²) in [5.41, 5.74) is 0.965. The van der Waals surface area contributed by atoms with Gasteiger partial charge in [0.1, 0.15) is 0 Å². The molecule has 96 valence electrons. The second-order valence-electron chi connectivity index (χ2n) is 5.58. The molecule has 1 aromatic carbocycles. The smallest absolute Gasteiger partial charge is 0.0605 e. The SMILES string of the molecule is CCCCC(c1ccccc1)N(O)C(C)(C)C. The zero-order chi connectivity index (χ0) is 12.9. The minimum Gasteiger partial charge on any atom is -0.313 e. The largest absolute Gasteiger partial charge is 0.313 e. The van der Waals surface area contributed by atoms with Crippen LogP contribution in [-0.2, 0) is 0 Å². The minimum absolute atomic E-state index is 0.0937. The fourth-order valence-electron chi connectivity index (χ4n) is 1.97. The van der Waals surface area contributed by atoms with Crippen LogP contribution in [0.3, 0.4) is 0 Å². The van der Waals surface area contributed by atoms with Gasteiger partial charge in [-0.05, 0) is 32.8 Å². The Morgan fingerprint density at radius 1 is 1.18 bits per heavy atom. The van der Waals surface area contributed by atoms with Gasteiger partial charge in [0.05, 0.1) is 6.04 Å². The molecule has 1 rings (SSSR count). The van der Waals surface area contributed by atoms with Gasteiger partial charge in [-0.25, -0.2) is 0 Å². The lowest BCUT2D eigenvalue weighted by atomic mass is 9.97. The van der Waals surface area contributed by atoms with Crippen molar-refractivity contribution in [3.63, 3.8) is 0 Å². The highest BCUT2D eigenvalue weighted by Crippen LogP contribution is 2.30. The summed E-state index contributed by atoms with van der Waals surface area (Å²) in [7, 11) is 0. The first-order chi connectivity index (χ1) is 7.96. The normalized spacial score (nSPS) is 14.0. The Morgan fingerprint density at radius 2 is 1.76 bits per heavy atom. The third-order valence-corrected chi connectivity index (χ3v) is 3.00. The Bertz CT molecular complexity index is 315. The third-order valence-electron chi connectivity index (χ3n) is 3.00. The van der Waals surface area contributed by atoms with Gasteiger partial charge in [0.15, 0.2) is 0 Å². The van der Waals surface area contributed by atoms with E-state index < -0.39 is 0 Å². The van der Waals surface area contributed by atoms with Crippen LogP contribution in [0.4, 0.5) is 0 Å². The molecule has 0 aromatic heterocycles. The molecule has 2 nitrogen and oxygen atoms in total. The van der Waals surface area contributed by atoms with E-state index in [1.54, 1.807) is 0 Å². The summed E-state index contributed by atoms with van der Waals surface area (Å²) in [6.45, 7) is 8.29. The molecule has 0 aliphatic carbocycles. The number of nitrogens with zero attached hydrogens (tertiary/aromatic N) is 1. The number of hydroxylamine groups is 2. The van der Waals surface area contributed by atoms with Gasteiger partial charge in [0.2, 0.25) is 0 Å². The molecule has 0 spiro atoms. The third kappa shape index (κ3) is 4.14. The molecule has 1 N–H and O–H groups in total. The first-order valence-corrected chi connectivity index (χ1v) is 6.50. The highest BCUT2D eigenvalue weighted by molar-refractivity contribution is 5.19. The summed E-state index contributed by atoms with van der Waals surface area (Å²) >= 11 is 0. The minimum atomic E-state index is -0.228. The first kappa shape index (κ1) is 14.2. The van der Waals surface area contributed by atoms with Crippen LogP contribution in [-0.4, -0.2) is 15.8 Å². The van der Waals surface area contributed by atoms with Gasteiger partial charge in [-0.15, -0.1) is 0 Å². The highest BCUT2D eigenvalue weighted by Gasteiger charge is 2.28. The van der Waals surface area contributed by atoms with Crippen molar-refractivity contribution in [1.29, 1.82) is 0 Å². The molecular formula is C15H25NO. The summed E-state index contributed by atoms with van der Waals surface area (Å²) in [4.78, 5) is 0. The fraction of sp³-hybridized carbons (Fsp3) is 0.600. The summed E-state index contributed by atoms with van der Waals surface area (Å²) in [5.74, 6) is 0. The summed E-state index contributed by atoms with van der Waals surface area (Å²) < 4.78 is 0. The van der Waals surface area contributed by atoms with Crippen LogP contribution in [0.15, 0.2) is 30.3 Å². The molecule has 0 aliphatic heterocycles. The van der Waals surface area contributed by atoms with Crippen molar-refractivity contribution in [1.82, 2.24) is 5.06 Å². The molecule has 1 atom stereocenters. The fourth-order valence-corrected chi connectivity index (χ4v) is 1.97. The number of hydrogen-bond acceptors (Lipinski definition) is 2. The zero-order valence-electron chi connectivity index (χ0n) is 11.5. The lowest BCUT2D eigenvalue weighted by Gasteiger charge is -2.36. The molecule has 0 fully saturated rings. The van der Waals surface area contributed by atoms with Crippen molar-refractivity contribution in [3.05, 3.63) is 35.9 Å². The van der Waals surface area contributed by atoms with Crippen LogP contribution in [0, 0.1) is 0 Å². The van der Waals surface area contributed by atoms with E-state index in [1.165, 1.54) is 10.6 Å². The van der Waals surface area contributed by atoms with Gasteiger partial charge >= 0.3 is 0 Å². The number of rotatable bonds is 5. The van der Waals surface area contributed by atoms with E-state index in [9.17, 15) is 5.21 Å². The standard InChI is InChI=1S/C15H25NO/c1-5-6-12-14(16(17)15(2,3)4)13-10-8-7-9-11-13/h7-11,14,17H,5-6,12H2,1-4H3. The number of unbranched alkanes of at least 4 members (excludes halogenated alkanes) is 1. The second-order valence-corrected chi connectivity index (χ2v) is 5.58. The number of benzene rings is 1. The van der Waals surface area contributed by atoms with E-state index in [1.807, 2.05) is 39.0 Å². The summed E-state index contributed by atoms with van der Waals surface area (Å²) in [6, 6.07) is 10.4. The first-order valence-electron chi connectivity index (χ1n) is 6.50. The van der Waals surface area contributed by atoms with Crippen molar-refractivity contribution in [2.24, 2.45) is 0 Å². The lowest BCUT2D eigenvalue weighted by molar-refractivity contribution is -0.191. The van der Waals surface area contributed by atoms with Crippen LogP contribution in [0.2, 0.25) is 0 Å². The molecule has 0 radical (unpaired) electrons. The Hall–Kier alpha value is -0.860. The maximum atomic E-state index is 10.4. The average molecular weight is 235 g/mol. The Balaban J connectivity index is 2.88. The van der Waals surface area contributed by atoms with Crippen LogP contribution in [0.5, 0.6) is 0 Å². The van der Waals surface area contributed by atoms with E-state index in [0.717, 1.165) is 19.3 Å². The molecule has 1 unspecified atom stereocenters. The molecule has 0 bridgehead atoms. The van der Waals surface area contributed by atoms with Crippen molar-refractivity contribution in [2.45, 2.75) is 58.5 Å². The maximum absolute atomic E-state index is 10.4. The quantitative estimate of drug-likeness (QED) is 0.764. The molecule has 1 aromatic rings. The molecular weight excluding hydrogens is 210 g/mol. The second kappa shape index (κ2) is 6.18. The van der Waals surface area contributed by atoms with Gasteiger partial charge in [-0.2, -0.15) is 5.06 Å². The summed E-state index contributed by atoms with van der Waals surface area (Å²) in [6.07, 6.45) is 3.28. The highest BCUT2D eigenvalue weighted by atomic mass is 16.5. The van der Waals surface area contributed by atoms with Gasteiger partial charge in [-0.3, -0.25) is 0 Å². The molecule has 2 heteroatoms. The van der Waals surface area contributed by atoms with E-state index >= 15 is 0 Å². The van der Waals surface area contributed by atoms with Gasteiger partial charge < -0.3 is 5.21 Å². The molecule has 0 saturated heterocycles. The van der Waals surface area contributed by atoms with Crippen LogP contribution in [0.25, 0.3) is 0 Å². The van der Waals surface area contributed by atoms with Crippen molar-refractivity contribution >= 4 is 0 Å². The topological polar surface area (TPSA) is 23.5 Å². The Kier molecular flexibility index (Phi) is 5.16. The van der Waals surface area contributed by atoms with Crippen LogP contribution < -0.4 is 0 Å². The van der Waals surface area contributed by atoms with Gasteiger partial charge in [0, 0.05) is 5.54 Å². The van der Waals surface area contributed by atoms with E-state index in [2.05, 4.69) is 19.1 Å². The Morgan fingerprint density at radius 3 is 2.24 bits per heavy atom. The lowest BCUT2D eigenvalue weighted by Crippen LogP contribution is -2.41. The predicted molar refractivity (Wildman–Crippen MR) is 72.1 cm³/mol. The van der Waals surface area contributed by atoms with E-state index in [0.29, 0.717) is 0 Å². The molecule has 0 amide bonds. The Labute approximate surface area is 105 Å². The summed E-state index contributed by atoms with van der Waals surface area (Å²) in [5, 5.41) is 11.9. The van der Waals surface area contributed by atoms with Crippen LogP contribution >= 0.6 is 0 Å². The monoisotopic (exact) mass is 235 g/mol. The van der Waals surface area contributed by atoms with Gasteiger partial charge in [0.25, 0.3) is 0 Å². The van der Waals surface area contributed by atoms with Crippen molar-refractivity contribution in [3.8, 4) is 0 Å². The van der Waals surface area contributed by atoms with E-state index in [4.69, 9.17) is 0 Å². The zero-order valence-corrected chi connectivity index (χ0v) is 11.5. The molecule has 17 heavy (non-hydrogen) atoms. The average Bonchev–Trinajstić information content (AvgIpc) is 2.29. The predicted octanol–water partition coefficient (Wildman–Crippen LogP) is 4.41. The van der Waals surface area contributed by atoms with E-state index in [-0.39, 0.29) is 11.6 Å². The number of hydrogen-bond donors (Lipinski definition) is 1. The van der Waals surface area contributed by atoms with Gasteiger partial charge in [-0.1, -0.05) is 50.1 Å². The molecule has 0 heterocycles.